The van der Waals surface area contributed by atoms with Gasteiger partial charge < -0.3 is 14.8 Å². The SMILES string of the molecule is CCOCc1cc(/C=C2/NC(=S)N(c3ccccc3)C2=O)ccc1OC. The molecule has 1 N–H and O–H groups in total. The van der Waals surface area contributed by atoms with Crippen LogP contribution in [0.3, 0.4) is 0 Å². The monoisotopic (exact) mass is 368 g/mol. The Bertz CT molecular complexity index is 849. The molecule has 0 aliphatic carbocycles. The van der Waals surface area contributed by atoms with Crippen molar-refractivity contribution < 1.29 is 14.3 Å². The van der Waals surface area contributed by atoms with Gasteiger partial charge in [-0.15, -0.1) is 0 Å². The van der Waals surface area contributed by atoms with Crippen molar-refractivity contribution in [2.24, 2.45) is 0 Å². The summed E-state index contributed by atoms with van der Waals surface area (Å²) in [4.78, 5) is 14.3. The van der Waals surface area contributed by atoms with Gasteiger partial charge in [0, 0.05) is 12.2 Å². The first-order chi connectivity index (χ1) is 12.6. The first-order valence-electron chi connectivity index (χ1n) is 8.31. The highest BCUT2D eigenvalue weighted by Gasteiger charge is 2.31. The highest BCUT2D eigenvalue weighted by atomic mass is 32.1. The lowest BCUT2D eigenvalue weighted by Crippen LogP contribution is -2.30. The van der Waals surface area contributed by atoms with Gasteiger partial charge in [-0.25, -0.2) is 0 Å². The summed E-state index contributed by atoms with van der Waals surface area (Å²) in [6.07, 6.45) is 1.78. The van der Waals surface area contributed by atoms with Gasteiger partial charge in [-0.1, -0.05) is 24.3 Å². The summed E-state index contributed by atoms with van der Waals surface area (Å²) in [5.74, 6) is 0.580. The van der Waals surface area contributed by atoms with Gasteiger partial charge in [0.05, 0.1) is 19.4 Å². The topological polar surface area (TPSA) is 50.8 Å². The standard InChI is InChI=1S/C20H20N2O3S/c1-3-25-13-15-11-14(9-10-18(15)24-2)12-17-19(23)22(20(26)21-17)16-7-5-4-6-8-16/h4-12H,3,13H2,1-2H3,(H,21,26)/b17-12+. The first kappa shape index (κ1) is 18.1. The maximum atomic E-state index is 12.8. The van der Waals surface area contributed by atoms with Crippen LogP contribution >= 0.6 is 12.2 Å². The van der Waals surface area contributed by atoms with E-state index in [9.17, 15) is 4.79 Å². The zero-order valence-corrected chi connectivity index (χ0v) is 15.5. The molecule has 0 bridgehead atoms. The number of hydrogen-bond acceptors (Lipinski definition) is 4. The summed E-state index contributed by atoms with van der Waals surface area (Å²) in [5, 5.41) is 3.37. The van der Waals surface area contributed by atoms with Gasteiger partial charge in [-0.3, -0.25) is 9.69 Å². The van der Waals surface area contributed by atoms with Crippen molar-refractivity contribution in [3.63, 3.8) is 0 Å². The maximum Gasteiger partial charge on any atom is 0.281 e. The minimum atomic E-state index is -0.177. The molecule has 0 radical (unpaired) electrons. The maximum absolute atomic E-state index is 12.8. The first-order valence-corrected chi connectivity index (χ1v) is 8.71. The molecule has 26 heavy (non-hydrogen) atoms. The van der Waals surface area contributed by atoms with Crippen molar-refractivity contribution >= 4 is 35.0 Å². The van der Waals surface area contributed by atoms with Gasteiger partial charge in [0.15, 0.2) is 5.11 Å². The van der Waals surface area contributed by atoms with Crippen molar-refractivity contribution in [2.75, 3.05) is 18.6 Å². The van der Waals surface area contributed by atoms with E-state index >= 15 is 0 Å². The van der Waals surface area contributed by atoms with Gasteiger partial charge in [0.25, 0.3) is 5.91 Å². The van der Waals surface area contributed by atoms with Crippen molar-refractivity contribution in [2.45, 2.75) is 13.5 Å². The number of nitrogens with zero attached hydrogens (tertiary/aromatic N) is 1. The Morgan fingerprint density at radius 2 is 1.96 bits per heavy atom. The Balaban J connectivity index is 1.88. The smallest absolute Gasteiger partial charge is 0.281 e. The number of anilines is 1. The highest BCUT2D eigenvalue weighted by molar-refractivity contribution is 7.80. The lowest BCUT2D eigenvalue weighted by molar-refractivity contribution is -0.113. The highest BCUT2D eigenvalue weighted by Crippen LogP contribution is 2.25. The number of thiocarbonyl (C=S) groups is 1. The molecule has 0 unspecified atom stereocenters. The van der Waals surface area contributed by atoms with Crippen molar-refractivity contribution in [1.29, 1.82) is 0 Å². The molecule has 1 amide bonds. The molecular formula is C20H20N2O3S. The molecular weight excluding hydrogens is 348 g/mol. The number of carbonyl (C=O) groups excluding carboxylic acids is 1. The van der Waals surface area contributed by atoms with Gasteiger partial charge in [0.1, 0.15) is 11.4 Å². The molecule has 1 aliphatic rings. The van der Waals surface area contributed by atoms with Crippen LogP contribution in [0.15, 0.2) is 54.2 Å². The van der Waals surface area contributed by atoms with E-state index in [-0.39, 0.29) is 5.91 Å². The van der Waals surface area contributed by atoms with Crippen LogP contribution in [0.25, 0.3) is 6.08 Å². The van der Waals surface area contributed by atoms with E-state index < -0.39 is 0 Å². The van der Waals surface area contributed by atoms with Crippen molar-refractivity contribution in [1.82, 2.24) is 5.32 Å². The summed E-state index contributed by atoms with van der Waals surface area (Å²) in [6.45, 7) is 3.01. The predicted molar refractivity (Wildman–Crippen MR) is 106 cm³/mol. The molecule has 134 valence electrons. The Morgan fingerprint density at radius 3 is 2.65 bits per heavy atom. The van der Waals surface area contributed by atoms with E-state index in [1.807, 2.05) is 55.5 Å². The minimum absolute atomic E-state index is 0.177. The second-order valence-corrected chi connectivity index (χ2v) is 6.06. The summed E-state index contributed by atoms with van der Waals surface area (Å²) >= 11 is 5.33. The van der Waals surface area contributed by atoms with Gasteiger partial charge >= 0.3 is 0 Å². The Kier molecular flexibility index (Phi) is 5.65. The van der Waals surface area contributed by atoms with E-state index in [1.54, 1.807) is 13.2 Å². The molecule has 6 heteroatoms. The third kappa shape index (κ3) is 3.76. The van der Waals surface area contributed by atoms with Gasteiger partial charge in [-0.2, -0.15) is 0 Å². The molecule has 1 heterocycles. The van der Waals surface area contributed by atoms with Crippen LogP contribution in [0.4, 0.5) is 5.69 Å². The molecule has 0 saturated carbocycles. The molecule has 2 aromatic rings. The van der Waals surface area contributed by atoms with E-state index in [0.717, 1.165) is 22.6 Å². The summed E-state index contributed by atoms with van der Waals surface area (Å²) in [7, 11) is 1.63. The number of rotatable bonds is 6. The van der Waals surface area contributed by atoms with Crippen LogP contribution in [-0.2, 0) is 16.1 Å². The second-order valence-electron chi connectivity index (χ2n) is 5.67. The third-order valence-corrected chi connectivity index (χ3v) is 4.25. The second kappa shape index (κ2) is 8.12. The van der Waals surface area contributed by atoms with Crippen LogP contribution < -0.4 is 15.0 Å². The number of benzene rings is 2. The molecule has 1 aliphatic heterocycles. The molecule has 1 saturated heterocycles. The Morgan fingerprint density at radius 1 is 1.19 bits per heavy atom. The lowest BCUT2D eigenvalue weighted by atomic mass is 10.1. The van der Waals surface area contributed by atoms with E-state index in [2.05, 4.69) is 5.32 Å². The van der Waals surface area contributed by atoms with Crippen molar-refractivity contribution in [3.05, 3.63) is 65.4 Å². The Hall–Kier alpha value is -2.70. The summed E-state index contributed by atoms with van der Waals surface area (Å²) < 4.78 is 10.9. The van der Waals surface area contributed by atoms with Crippen LogP contribution in [0, 0.1) is 0 Å². The van der Waals surface area contributed by atoms with Crippen LogP contribution in [0.2, 0.25) is 0 Å². The number of amides is 1. The van der Waals surface area contributed by atoms with Crippen LogP contribution in [0.5, 0.6) is 5.75 Å². The molecule has 2 aromatic carbocycles. The van der Waals surface area contributed by atoms with E-state index in [0.29, 0.717) is 24.0 Å². The fourth-order valence-electron chi connectivity index (χ4n) is 2.73. The number of nitrogens with one attached hydrogen (secondary N) is 1. The number of carbonyl (C=O) groups is 1. The largest absolute Gasteiger partial charge is 0.496 e. The van der Waals surface area contributed by atoms with Crippen molar-refractivity contribution in [3.8, 4) is 5.75 Å². The molecule has 0 atom stereocenters. The molecule has 5 nitrogen and oxygen atoms in total. The quantitative estimate of drug-likeness (QED) is 0.625. The number of para-hydroxylation sites is 1. The minimum Gasteiger partial charge on any atom is -0.496 e. The average molecular weight is 368 g/mol. The van der Waals surface area contributed by atoms with E-state index in [4.69, 9.17) is 21.7 Å². The average Bonchev–Trinajstić information content (AvgIpc) is 2.94. The zero-order valence-electron chi connectivity index (χ0n) is 14.7. The van der Waals surface area contributed by atoms with Crippen LogP contribution in [-0.4, -0.2) is 24.7 Å². The van der Waals surface area contributed by atoms with Gasteiger partial charge in [0.2, 0.25) is 0 Å². The third-order valence-electron chi connectivity index (χ3n) is 3.97. The zero-order chi connectivity index (χ0) is 18.5. The summed E-state index contributed by atoms with van der Waals surface area (Å²) in [6, 6.07) is 15.1. The molecule has 3 rings (SSSR count). The summed E-state index contributed by atoms with van der Waals surface area (Å²) in [5.41, 5.74) is 2.97. The predicted octanol–water partition coefficient (Wildman–Crippen LogP) is 3.49. The molecule has 0 spiro atoms. The lowest BCUT2D eigenvalue weighted by Gasteiger charge is -2.13. The fourth-order valence-corrected chi connectivity index (χ4v) is 3.02. The molecule has 0 aromatic heterocycles. The number of ether oxygens (including phenoxy) is 2. The number of methoxy groups -OCH3 is 1. The van der Waals surface area contributed by atoms with Crippen LogP contribution in [0.1, 0.15) is 18.1 Å². The fraction of sp³-hybridized carbons (Fsp3) is 0.200. The number of hydrogen-bond donors (Lipinski definition) is 1. The van der Waals surface area contributed by atoms with E-state index in [1.165, 1.54) is 4.90 Å². The normalized spacial score (nSPS) is 15.5. The molecule has 1 fully saturated rings. The van der Waals surface area contributed by atoms with Gasteiger partial charge in [-0.05, 0) is 55.0 Å². The Labute approximate surface area is 158 Å².